The zero-order chi connectivity index (χ0) is 32.8. The molecule has 2 heterocycles. The van der Waals surface area contributed by atoms with Crippen molar-refractivity contribution in [2.24, 2.45) is 0 Å². The molecule has 1 nitrogen and oxygen atoms in total. The van der Waals surface area contributed by atoms with Crippen molar-refractivity contribution in [2.45, 2.75) is 0 Å². The highest BCUT2D eigenvalue weighted by Crippen LogP contribution is 2.52. The van der Waals surface area contributed by atoms with Gasteiger partial charge in [-0.15, -0.1) is 11.3 Å². The fraction of sp³-hybridized carbons (Fsp3) is 0. The van der Waals surface area contributed by atoms with Gasteiger partial charge in [0.25, 0.3) is 0 Å². The minimum absolute atomic E-state index is 0.914. The first-order valence-corrected chi connectivity index (χ1v) is 18.0. The molecule has 50 heavy (non-hydrogen) atoms. The lowest BCUT2D eigenvalue weighted by Crippen LogP contribution is -1.92. The number of benzene rings is 9. The van der Waals surface area contributed by atoms with Gasteiger partial charge in [-0.2, -0.15) is 0 Å². The van der Waals surface area contributed by atoms with Crippen molar-refractivity contribution in [1.82, 2.24) is 0 Å². The third-order valence-corrected chi connectivity index (χ3v) is 11.5. The maximum atomic E-state index is 6.74. The van der Waals surface area contributed by atoms with E-state index in [-0.39, 0.29) is 0 Å². The average Bonchev–Trinajstić information content (AvgIpc) is 3.78. The van der Waals surface area contributed by atoms with E-state index in [9.17, 15) is 0 Å². The van der Waals surface area contributed by atoms with Gasteiger partial charge < -0.3 is 4.42 Å². The molecule has 0 N–H and O–H groups in total. The summed E-state index contributed by atoms with van der Waals surface area (Å²) in [6.45, 7) is 0. The number of rotatable bonds is 3. The monoisotopic (exact) mass is 652 g/mol. The molecule has 0 radical (unpaired) electrons. The fourth-order valence-corrected chi connectivity index (χ4v) is 9.52. The van der Waals surface area contributed by atoms with Crippen LogP contribution in [0.25, 0.3) is 108 Å². The van der Waals surface area contributed by atoms with Crippen LogP contribution in [-0.2, 0) is 0 Å². The van der Waals surface area contributed by atoms with Crippen LogP contribution in [0.3, 0.4) is 0 Å². The van der Waals surface area contributed by atoms with Crippen molar-refractivity contribution in [2.75, 3.05) is 0 Å². The number of thiophene rings is 1. The lowest BCUT2D eigenvalue weighted by atomic mass is 9.84. The summed E-state index contributed by atoms with van der Waals surface area (Å²) in [6, 6.07) is 59.5. The molecule has 11 aromatic rings. The molecule has 0 aliphatic carbocycles. The SMILES string of the molecule is c1ccc2c(-c3c4ccccc4c(-c4cc5oc6ccccc6c5c5c(-c6cccc7ccccc67)csc45)c4ccccc34)cccc2c1. The smallest absolute Gasteiger partial charge is 0.136 e. The molecule has 232 valence electrons. The van der Waals surface area contributed by atoms with Crippen LogP contribution in [0.5, 0.6) is 0 Å². The van der Waals surface area contributed by atoms with Gasteiger partial charge in [0.05, 0.1) is 0 Å². The van der Waals surface area contributed by atoms with Crippen molar-refractivity contribution >= 4 is 86.5 Å². The zero-order valence-electron chi connectivity index (χ0n) is 27.0. The van der Waals surface area contributed by atoms with Gasteiger partial charge in [0.1, 0.15) is 11.2 Å². The van der Waals surface area contributed by atoms with E-state index in [0.717, 1.165) is 16.6 Å². The number of furan rings is 1. The van der Waals surface area contributed by atoms with E-state index in [1.165, 1.54) is 91.9 Å². The van der Waals surface area contributed by atoms with E-state index in [1.807, 2.05) is 11.3 Å². The Morgan fingerprint density at radius 1 is 0.340 bits per heavy atom. The van der Waals surface area contributed by atoms with Gasteiger partial charge in [-0.3, -0.25) is 0 Å². The lowest BCUT2D eigenvalue weighted by Gasteiger charge is -2.19. The Hall–Kier alpha value is -6.22. The van der Waals surface area contributed by atoms with E-state index >= 15 is 0 Å². The molecule has 2 aromatic heterocycles. The highest BCUT2D eigenvalue weighted by Gasteiger charge is 2.24. The van der Waals surface area contributed by atoms with Gasteiger partial charge in [0.2, 0.25) is 0 Å². The van der Waals surface area contributed by atoms with Gasteiger partial charge >= 0.3 is 0 Å². The second-order valence-corrected chi connectivity index (χ2v) is 14.0. The molecule has 9 aromatic carbocycles. The molecule has 0 saturated carbocycles. The molecule has 2 heteroatoms. The Morgan fingerprint density at radius 3 is 1.46 bits per heavy atom. The number of para-hydroxylation sites is 1. The van der Waals surface area contributed by atoms with Crippen LogP contribution in [0.1, 0.15) is 0 Å². The maximum absolute atomic E-state index is 6.74. The summed E-state index contributed by atoms with van der Waals surface area (Å²) in [4.78, 5) is 0. The second kappa shape index (κ2) is 10.6. The van der Waals surface area contributed by atoms with Gasteiger partial charge in [-0.1, -0.05) is 152 Å². The summed E-state index contributed by atoms with van der Waals surface area (Å²) in [5, 5.41) is 16.0. The molecule has 0 unspecified atom stereocenters. The molecular formula is C48H28OS. The minimum Gasteiger partial charge on any atom is -0.456 e. The zero-order valence-corrected chi connectivity index (χ0v) is 27.8. The summed E-state index contributed by atoms with van der Waals surface area (Å²) in [7, 11) is 0. The fourth-order valence-electron chi connectivity index (χ4n) is 8.42. The van der Waals surface area contributed by atoms with Gasteiger partial charge in [-0.25, -0.2) is 0 Å². The Morgan fingerprint density at radius 2 is 0.820 bits per heavy atom. The van der Waals surface area contributed by atoms with Crippen LogP contribution in [0, 0.1) is 0 Å². The third kappa shape index (κ3) is 3.88. The topological polar surface area (TPSA) is 13.1 Å². The molecular weight excluding hydrogens is 625 g/mol. The molecule has 0 fully saturated rings. The van der Waals surface area contributed by atoms with E-state index in [1.54, 1.807) is 0 Å². The Labute approximate surface area is 292 Å². The highest BCUT2D eigenvalue weighted by molar-refractivity contribution is 7.18. The Balaban J connectivity index is 1.32. The van der Waals surface area contributed by atoms with Crippen LogP contribution < -0.4 is 0 Å². The molecule has 0 atom stereocenters. The summed E-state index contributed by atoms with van der Waals surface area (Å²) in [6.07, 6.45) is 0. The van der Waals surface area contributed by atoms with Crippen LogP contribution in [0.15, 0.2) is 174 Å². The van der Waals surface area contributed by atoms with Crippen molar-refractivity contribution in [3.8, 4) is 33.4 Å². The van der Waals surface area contributed by atoms with Gasteiger partial charge in [0, 0.05) is 32.0 Å². The first-order chi connectivity index (χ1) is 24.8. The molecule has 0 aliphatic rings. The standard InChI is InChI=1S/C48H28OS/c1-3-17-31-29(13-1)15-11-24-33(31)41-28-50-48-40(27-43-46(47(41)48)39-23-9-10-26-42(39)49-43)45-37-21-7-5-19-35(37)44(36-20-6-8-22-38(36)45)34-25-12-16-30-14-2-4-18-32(30)34/h1-28H. The lowest BCUT2D eigenvalue weighted by molar-refractivity contribution is 0.669. The van der Waals surface area contributed by atoms with Crippen LogP contribution in [0.2, 0.25) is 0 Å². The minimum atomic E-state index is 0.914. The predicted molar refractivity (Wildman–Crippen MR) is 215 cm³/mol. The molecule has 0 aliphatic heterocycles. The van der Waals surface area contributed by atoms with E-state index in [2.05, 4.69) is 169 Å². The van der Waals surface area contributed by atoms with Gasteiger partial charge in [-0.05, 0) is 82.9 Å². The summed E-state index contributed by atoms with van der Waals surface area (Å²) < 4.78 is 8.02. The number of hydrogen-bond donors (Lipinski definition) is 0. The van der Waals surface area contributed by atoms with Crippen molar-refractivity contribution in [1.29, 1.82) is 0 Å². The summed E-state index contributed by atoms with van der Waals surface area (Å²) in [5.74, 6) is 0. The Bertz CT molecular complexity index is 3090. The van der Waals surface area contributed by atoms with E-state index in [0.29, 0.717) is 0 Å². The van der Waals surface area contributed by atoms with E-state index in [4.69, 9.17) is 4.42 Å². The summed E-state index contributed by atoms with van der Waals surface area (Å²) in [5.41, 5.74) is 9.32. The van der Waals surface area contributed by atoms with Crippen LogP contribution in [-0.4, -0.2) is 0 Å². The largest absolute Gasteiger partial charge is 0.456 e. The maximum Gasteiger partial charge on any atom is 0.136 e. The predicted octanol–water partition coefficient (Wildman–Crippen LogP) is 14.4. The van der Waals surface area contributed by atoms with Crippen LogP contribution >= 0.6 is 11.3 Å². The molecule has 11 rings (SSSR count). The number of fused-ring (bicyclic) bond motifs is 9. The van der Waals surface area contributed by atoms with Crippen LogP contribution in [0.4, 0.5) is 0 Å². The van der Waals surface area contributed by atoms with E-state index < -0.39 is 0 Å². The van der Waals surface area contributed by atoms with Crippen molar-refractivity contribution in [3.05, 3.63) is 169 Å². The second-order valence-electron chi connectivity index (χ2n) is 13.1. The molecule has 0 spiro atoms. The summed E-state index contributed by atoms with van der Waals surface area (Å²) >= 11 is 1.84. The van der Waals surface area contributed by atoms with Crippen molar-refractivity contribution in [3.63, 3.8) is 0 Å². The average molecular weight is 653 g/mol. The quantitative estimate of drug-likeness (QED) is 0.173. The molecule has 0 saturated heterocycles. The number of hydrogen-bond acceptors (Lipinski definition) is 2. The first kappa shape index (κ1) is 27.7. The Kier molecular flexibility index (Phi) is 5.89. The highest BCUT2D eigenvalue weighted by atomic mass is 32.1. The van der Waals surface area contributed by atoms with Crippen molar-refractivity contribution < 1.29 is 4.42 Å². The first-order valence-electron chi connectivity index (χ1n) is 17.1. The molecule has 0 amide bonds. The third-order valence-electron chi connectivity index (χ3n) is 10.5. The molecule has 0 bridgehead atoms. The normalized spacial score (nSPS) is 12.0. The van der Waals surface area contributed by atoms with Gasteiger partial charge in [0.15, 0.2) is 0 Å².